The molecule has 0 bridgehead atoms. The van der Waals surface area contributed by atoms with Crippen LogP contribution in [-0.4, -0.2) is 64.5 Å². The number of rotatable bonds is 6. The number of piperidine rings is 1. The van der Waals surface area contributed by atoms with Gasteiger partial charge < -0.3 is 28.9 Å². The highest BCUT2D eigenvalue weighted by Crippen LogP contribution is 2.32. The SMILES string of the molecule is O=C(O)N(Cc1ccc2c(c1)OCCO2)C1CCN(CCn2c(=O)cc(Cl)c3ccccc32)CC1. The highest BCUT2D eigenvalue weighted by molar-refractivity contribution is 6.35. The number of hydrogen-bond donors (Lipinski definition) is 1. The van der Waals surface area contributed by atoms with Crippen molar-refractivity contribution in [2.75, 3.05) is 32.8 Å². The summed E-state index contributed by atoms with van der Waals surface area (Å²) in [6, 6.07) is 14.7. The molecule has 3 heterocycles. The van der Waals surface area contributed by atoms with Crippen molar-refractivity contribution < 1.29 is 19.4 Å². The molecule has 9 heteroatoms. The second kappa shape index (κ2) is 10.2. The number of carboxylic acid groups (broad SMARTS) is 1. The number of fused-ring (bicyclic) bond motifs is 2. The summed E-state index contributed by atoms with van der Waals surface area (Å²) in [4.78, 5) is 28.5. The summed E-state index contributed by atoms with van der Waals surface area (Å²) in [5.74, 6) is 1.36. The molecule has 1 amide bonds. The first kappa shape index (κ1) is 23.5. The Morgan fingerprint density at radius 1 is 1.03 bits per heavy atom. The van der Waals surface area contributed by atoms with Crippen LogP contribution in [-0.2, 0) is 13.1 Å². The van der Waals surface area contributed by atoms with E-state index < -0.39 is 6.09 Å². The molecule has 0 radical (unpaired) electrons. The summed E-state index contributed by atoms with van der Waals surface area (Å²) >= 11 is 6.26. The maximum absolute atomic E-state index is 12.6. The lowest BCUT2D eigenvalue weighted by Gasteiger charge is -2.37. The summed E-state index contributed by atoms with van der Waals surface area (Å²) in [6.45, 7) is 4.15. The smallest absolute Gasteiger partial charge is 0.407 e. The lowest BCUT2D eigenvalue weighted by atomic mass is 10.0. The van der Waals surface area contributed by atoms with Crippen LogP contribution in [0.5, 0.6) is 11.5 Å². The van der Waals surface area contributed by atoms with Crippen molar-refractivity contribution in [1.29, 1.82) is 0 Å². The molecule has 0 spiro atoms. The zero-order valence-corrected chi connectivity index (χ0v) is 20.1. The van der Waals surface area contributed by atoms with Gasteiger partial charge in [0.1, 0.15) is 13.2 Å². The van der Waals surface area contributed by atoms with Crippen LogP contribution in [0.3, 0.4) is 0 Å². The van der Waals surface area contributed by atoms with Gasteiger partial charge in [-0.1, -0.05) is 35.9 Å². The number of ether oxygens (including phenoxy) is 2. The second-order valence-corrected chi connectivity index (χ2v) is 9.37. The molecule has 0 unspecified atom stereocenters. The Balaban J connectivity index is 1.21. The first-order chi connectivity index (χ1) is 17.0. The fourth-order valence-corrected chi connectivity index (χ4v) is 5.21. The van der Waals surface area contributed by atoms with Gasteiger partial charge in [-0.05, 0) is 36.6 Å². The van der Waals surface area contributed by atoms with Crippen LogP contribution in [0.15, 0.2) is 53.3 Å². The summed E-state index contributed by atoms with van der Waals surface area (Å²) in [5, 5.41) is 11.2. The van der Waals surface area contributed by atoms with Gasteiger partial charge in [-0.3, -0.25) is 4.79 Å². The molecule has 1 fully saturated rings. The van der Waals surface area contributed by atoms with Crippen molar-refractivity contribution in [3.63, 3.8) is 0 Å². The number of pyridine rings is 1. The molecule has 2 aliphatic rings. The number of nitrogens with zero attached hydrogens (tertiary/aromatic N) is 3. The Morgan fingerprint density at radius 2 is 1.77 bits per heavy atom. The normalized spacial score (nSPS) is 16.4. The monoisotopic (exact) mass is 497 g/mol. The highest BCUT2D eigenvalue weighted by Gasteiger charge is 2.28. The van der Waals surface area contributed by atoms with E-state index in [0.717, 1.165) is 42.4 Å². The molecule has 0 saturated carbocycles. The minimum atomic E-state index is -0.919. The summed E-state index contributed by atoms with van der Waals surface area (Å²) < 4.78 is 13.0. The Labute approximate surface area is 208 Å². The quantitative estimate of drug-likeness (QED) is 0.552. The predicted molar refractivity (Wildman–Crippen MR) is 134 cm³/mol. The van der Waals surface area contributed by atoms with E-state index >= 15 is 0 Å². The fraction of sp³-hybridized carbons (Fsp3) is 0.385. The standard InChI is InChI=1S/C26H28ClN3O5/c27-21-16-25(31)29(22-4-2-1-3-20(21)22)12-11-28-9-7-19(8-10-28)30(26(32)33)17-18-5-6-23-24(15-18)35-14-13-34-23/h1-6,15-16,19H,7-14,17H2,(H,32,33). The lowest BCUT2D eigenvalue weighted by Crippen LogP contribution is -2.47. The molecule has 2 aromatic carbocycles. The first-order valence-corrected chi connectivity index (χ1v) is 12.3. The van der Waals surface area contributed by atoms with Gasteiger partial charge in [-0.15, -0.1) is 0 Å². The molecule has 35 heavy (non-hydrogen) atoms. The van der Waals surface area contributed by atoms with Crippen molar-refractivity contribution >= 4 is 28.6 Å². The van der Waals surface area contributed by atoms with Crippen LogP contribution in [0.1, 0.15) is 18.4 Å². The van der Waals surface area contributed by atoms with E-state index in [1.807, 2.05) is 42.5 Å². The van der Waals surface area contributed by atoms with Gasteiger partial charge in [-0.25, -0.2) is 4.79 Å². The maximum Gasteiger partial charge on any atom is 0.407 e. The molecule has 0 atom stereocenters. The first-order valence-electron chi connectivity index (χ1n) is 11.9. The Morgan fingerprint density at radius 3 is 2.54 bits per heavy atom. The molecule has 1 saturated heterocycles. The minimum absolute atomic E-state index is 0.0592. The average molecular weight is 498 g/mol. The van der Waals surface area contributed by atoms with Crippen LogP contribution in [0.25, 0.3) is 10.9 Å². The average Bonchev–Trinajstić information content (AvgIpc) is 2.87. The lowest BCUT2D eigenvalue weighted by molar-refractivity contribution is 0.0856. The van der Waals surface area contributed by atoms with Crippen molar-refractivity contribution in [3.8, 4) is 11.5 Å². The Hall–Kier alpha value is -3.23. The van der Waals surface area contributed by atoms with E-state index in [0.29, 0.717) is 49.4 Å². The van der Waals surface area contributed by atoms with Crippen molar-refractivity contribution in [2.24, 2.45) is 0 Å². The van der Waals surface area contributed by atoms with Crippen LogP contribution in [0, 0.1) is 0 Å². The number of para-hydroxylation sites is 1. The largest absolute Gasteiger partial charge is 0.486 e. The van der Waals surface area contributed by atoms with Gasteiger partial charge in [0.15, 0.2) is 11.5 Å². The van der Waals surface area contributed by atoms with Gasteiger partial charge in [-0.2, -0.15) is 0 Å². The number of likely N-dealkylation sites (tertiary alicyclic amines) is 1. The molecule has 5 rings (SSSR count). The molecule has 0 aliphatic carbocycles. The number of amides is 1. The summed E-state index contributed by atoms with van der Waals surface area (Å²) in [6.07, 6.45) is 0.567. The fourth-order valence-electron chi connectivity index (χ4n) is 4.96. The molecule has 2 aliphatic heterocycles. The van der Waals surface area contributed by atoms with Crippen molar-refractivity contribution in [3.05, 3.63) is 69.5 Å². The van der Waals surface area contributed by atoms with E-state index in [2.05, 4.69) is 4.90 Å². The Bertz CT molecular complexity index is 1290. The predicted octanol–water partition coefficient (Wildman–Crippen LogP) is 4.07. The molecular weight excluding hydrogens is 470 g/mol. The van der Waals surface area contributed by atoms with Crippen LogP contribution in [0.4, 0.5) is 4.79 Å². The molecule has 8 nitrogen and oxygen atoms in total. The van der Waals surface area contributed by atoms with Gasteiger partial charge in [0.25, 0.3) is 5.56 Å². The van der Waals surface area contributed by atoms with Crippen LogP contribution in [0.2, 0.25) is 5.02 Å². The number of aromatic nitrogens is 1. The number of halogens is 1. The van der Waals surface area contributed by atoms with Gasteiger partial charge in [0.2, 0.25) is 0 Å². The zero-order valence-electron chi connectivity index (χ0n) is 19.4. The van der Waals surface area contributed by atoms with Crippen LogP contribution < -0.4 is 15.0 Å². The van der Waals surface area contributed by atoms with E-state index in [-0.39, 0.29) is 11.6 Å². The molecule has 3 aromatic rings. The van der Waals surface area contributed by atoms with E-state index in [1.165, 1.54) is 11.0 Å². The number of hydrogen-bond acceptors (Lipinski definition) is 5. The molecule has 1 N–H and O–H groups in total. The van der Waals surface area contributed by atoms with Crippen LogP contribution >= 0.6 is 11.6 Å². The van der Waals surface area contributed by atoms with Crippen molar-refractivity contribution in [1.82, 2.24) is 14.4 Å². The molecular formula is C26H28ClN3O5. The van der Waals surface area contributed by atoms with E-state index in [4.69, 9.17) is 21.1 Å². The van der Waals surface area contributed by atoms with Gasteiger partial charge in [0, 0.05) is 50.2 Å². The van der Waals surface area contributed by atoms with E-state index in [1.54, 1.807) is 4.57 Å². The zero-order chi connectivity index (χ0) is 24.4. The van der Waals surface area contributed by atoms with Gasteiger partial charge >= 0.3 is 6.09 Å². The Kier molecular flexibility index (Phi) is 6.83. The molecule has 184 valence electrons. The summed E-state index contributed by atoms with van der Waals surface area (Å²) in [5.41, 5.74) is 1.60. The summed E-state index contributed by atoms with van der Waals surface area (Å²) in [7, 11) is 0. The maximum atomic E-state index is 12.6. The third-order valence-corrected chi connectivity index (χ3v) is 7.12. The third kappa shape index (κ3) is 5.09. The minimum Gasteiger partial charge on any atom is -0.486 e. The third-order valence-electron chi connectivity index (χ3n) is 6.81. The topological polar surface area (TPSA) is 84.2 Å². The number of carbonyl (C=O) groups is 1. The van der Waals surface area contributed by atoms with Crippen molar-refractivity contribution in [2.45, 2.75) is 32.0 Å². The van der Waals surface area contributed by atoms with E-state index in [9.17, 15) is 14.7 Å². The molecule has 1 aromatic heterocycles. The number of benzene rings is 2. The second-order valence-electron chi connectivity index (χ2n) is 8.96. The van der Waals surface area contributed by atoms with Gasteiger partial charge in [0.05, 0.1) is 10.5 Å². The highest BCUT2D eigenvalue weighted by atomic mass is 35.5.